The van der Waals surface area contributed by atoms with Gasteiger partial charge in [0.25, 0.3) is 5.91 Å². The molecule has 0 radical (unpaired) electrons. The molecule has 160 valence electrons. The lowest BCUT2D eigenvalue weighted by Gasteiger charge is -2.27. The molecule has 1 atom stereocenters. The van der Waals surface area contributed by atoms with Gasteiger partial charge >= 0.3 is 0 Å². The second kappa shape index (κ2) is 8.35. The SMILES string of the molecule is Nc1nccc2c1CC[C@H]2NC(=O)c1cnn(Cc2ccc(N3CCOCC3)nc2)c1. The molecule has 1 fully saturated rings. The first kappa shape index (κ1) is 19.5. The number of fused-ring (bicyclic) bond motifs is 1. The van der Waals surface area contributed by atoms with Crippen LogP contribution < -0.4 is 16.0 Å². The number of morpholine rings is 1. The van der Waals surface area contributed by atoms with E-state index in [4.69, 9.17) is 10.5 Å². The Morgan fingerprint density at radius 2 is 2.06 bits per heavy atom. The third-order valence-electron chi connectivity index (χ3n) is 5.87. The second-order valence-corrected chi connectivity index (χ2v) is 7.88. The molecule has 0 spiro atoms. The Bertz CT molecular complexity index is 1070. The largest absolute Gasteiger partial charge is 0.383 e. The molecule has 5 rings (SSSR count). The first-order chi connectivity index (χ1) is 15.2. The minimum Gasteiger partial charge on any atom is -0.383 e. The number of ether oxygens (including phenoxy) is 1. The molecule has 9 nitrogen and oxygen atoms in total. The fourth-order valence-corrected chi connectivity index (χ4v) is 4.20. The third kappa shape index (κ3) is 4.09. The fraction of sp³-hybridized carbons (Fsp3) is 0.364. The highest BCUT2D eigenvalue weighted by atomic mass is 16.5. The number of anilines is 2. The van der Waals surface area contributed by atoms with Gasteiger partial charge in [-0.05, 0) is 41.7 Å². The Hall–Kier alpha value is -3.46. The van der Waals surface area contributed by atoms with Crippen LogP contribution in [0, 0.1) is 0 Å². The van der Waals surface area contributed by atoms with Gasteiger partial charge in [0.15, 0.2) is 0 Å². The van der Waals surface area contributed by atoms with Crippen molar-refractivity contribution in [1.82, 2.24) is 25.1 Å². The number of aromatic nitrogens is 4. The standard InChI is InChI=1S/C22H25N7O2/c23-21-18-2-3-19(17(18)5-6-24-21)27-22(30)16-12-26-29(14-16)13-15-1-4-20(25-11-15)28-7-9-31-10-8-28/h1,4-6,11-12,14,19H,2-3,7-10,13H2,(H2,23,24)(H,27,30)/t19-/m1/s1. The van der Waals surface area contributed by atoms with Gasteiger partial charge in [-0.1, -0.05) is 6.07 Å². The lowest BCUT2D eigenvalue weighted by atomic mass is 10.1. The minimum absolute atomic E-state index is 0.0481. The molecule has 1 saturated heterocycles. The number of hydrogen-bond donors (Lipinski definition) is 2. The van der Waals surface area contributed by atoms with E-state index in [0.29, 0.717) is 17.9 Å². The molecule has 0 saturated carbocycles. The molecule has 3 N–H and O–H groups in total. The minimum atomic E-state index is -0.139. The summed E-state index contributed by atoms with van der Waals surface area (Å²) in [7, 11) is 0. The lowest BCUT2D eigenvalue weighted by molar-refractivity contribution is 0.0936. The molecule has 2 aliphatic rings. The highest BCUT2D eigenvalue weighted by molar-refractivity contribution is 5.94. The third-order valence-corrected chi connectivity index (χ3v) is 5.87. The molecule has 3 aromatic rings. The van der Waals surface area contributed by atoms with Crippen LogP contribution in [0.25, 0.3) is 0 Å². The van der Waals surface area contributed by atoms with E-state index in [2.05, 4.69) is 25.3 Å². The van der Waals surface area contributed by atoms with Crippen molar-refractivity contribution in [2.24, 2.45) is 0 Å². The van der Waals surface area contributed by atoms with Gasteiger partial charge in [0.2, 0.25) is 0 Å². The zero-order valence-electron chi connectivity index (χ0n) is 17.2. The van der Waals surface area contributed by atoms with Gasteiger partial charge in [-0.2, -0.15) is 5.10 Å². The van der Waals surface area contributed by atoms with Gasteiger partial charge < -0.3 is 20.7 Å². The van der Waals surface area contributed by atoms with E-state index in [-0.39, 0.29) is 11.9 Å². The van der Waals surface area contributed by atoms with E-state index in [9.17, 15) is 4.79 Å². The number of nitrogens with zero attached hydrogens (tertiary/aromatic N) is 5. The van der Waals surface area contributed by atoms with Crippen LogP contribution in [0.3, 0.4) is 0 Å². The number of pyridine rings is 2. The van der Waals surface area contributed by atoms with E-state index < -0.39 is 0 Å². The topological polar surface area (TPSA) is 111 Å². The average molecular weight is 419 g/mol. The highest BCUT2D eigenvalue weighted by Gasteiger charge is 2.26. The van der Waals surface area contributed by atoms with Gasteiger partial charge in [-0.15, -0.1) is 0 Å². The molecular formula is C22H25N7O2. The molecular weight excluding hydrogens is 394 g/mol. The van der Waals surface area contributed by atoms with E-state index in [1.807, 2.05) is 24.4 Å². The summed E-state index contributed by atoms with van der Waals surface area (Å²) in [5.41, 5.74) is 9.61. The van der Waals surface area contributed by atoms with Crippen molar-refractivity contribution in [3.05, 3.63) is 65.2 Å². The monoisotopic (exact) mass is 419 g/mol. The first-order valence-electron chi connectivity index (χ1n) is 10.5. The summed E-state index contributed by atoms with van der Waals surface area (Å²) < 4.78 is 7.14. The van der Waals surface area contributed by atoms with Crippen LogP contribution in [0.1, 0.15) is 39.5 Å². The van der Waals surface area contributed by atoms with Crippen molar-refractivity contribution in [2.45, 2.75) is 25.4 Å². The smallest absolute Gasteiger partial charge is 0.254 e. The second-order valence-electron chi connectivity index (χ2n) is 7.88. The van der Waals surface area contributed by atoms with Crippen LogP contribution in [-0.2, 0) is 17.7 Å². The van der Waals surface area contributed by atoms with Gasteiger partial charge in [0.1, 0.15) is 11.6 Å². The summed E-state index contributed by atoms with van der Waals surface area (Å²) in [5, 5.41) is 7.44. The predicted molar refractivity (Wildman–Crippen MR) is 116 cm³/mol. The van der Waals surface area contributed by atoms with Crippen LogP contribution in [0.15, 0.2) is 43.0 Å². The number of hydrogen-bond acceptors (Lipinski definition) is 7. The number of carbonyl (C=O) groups excluding carboxylic acids is 1. The molecule has 3 aromatic heterocycles. The average Bonchev–Trinajstić information content (AvgIpc) is 3.43. The van der Waals surface area contributed by atoms with E-state index in [1.54, 1.807) is 23.3 Å². The Labute approximate surface area is 180 Å². The first-order valence-corrected chi connectivity index (χ1v) is 10.5. The quantitative estimate of drug-likeness (QED) is 0.645. The lowest BCUT2D eigenvalue weighted by Crippen LogP contribution is -2.36. The van der Waals surface area contributed by atoms with Crippen LogP contribution in [-0.4, -0.2) is 52.0 Å². The fourth-order valence-electron chi connectivity index (χ4n) is 4.20. The van der Waals surface area contributed by atoms with E-state index >= 15 is 0 Å². The number of amides is 1. The van der Waals surface area contributed by atoms with E-state index in [0.717, 1.165) is 61.7 Å². The van der Waals surface area contributed by atoms with Gasteiger partial charge in [-0.25, -0.2) is 9.97 Å². The van der Waals surface area contributed by atoms with Crippen molar-refractivity contribution in [3.8, 4) is 0 Å². The molecule has 4 heterocycles. The van der Waals surface area contributed by atoms with Crippen LogP contribution in [0.4, 0.5) is 11.6 Å². The Balaban J connectivity index is 1.21. The summed E-state index contributed by atoms with van der Waals surface area (Å²) in [6.45, 7) is 3.74. The number of nitrogen functional groups attached to an aromatic ring is 1. The summed E-state index contributed by atoms with van der Waals surface area (Å²) in [5.74, 6) is 1.37. The number of rotatable bonds is 5. The van der Waals surface area contributed by atoms with Crippen LogP contribution >= 0.6 is 0 Å². The van der Waals surface area contributed by atoms with Crippen molar-refractivity contribution < 1.29 is 9.53 Å². The summed E-state index contributed by atoms with van der Waals surface area (Å²) in [6.07, 6.45) is 8.57. The molecule has 9 heteroatoms. The predicted octanol–water partition coefficient (Wildman–Crippen LogP) is 1.56. The number of carbonyl (C=O) groups is 1. The summed E-state index contributed by atoms with van der Waals surface area (Å²) in [4.78, 5) is 23.7. The van der Waals surface area contributed by atoms with Gasteiger partial charge in [-0.3, -0.25) is 9.48 Å². The normalized spacial score (nSPS) is 18.1. The van der Waals surface area contributed by atoms with Crippen LogP contribution in [0.2, 0.25) is 0 Å². The summed E-state index contributed by atoms with van der Waals surface area (Å²) in [6, 6.07) is 5.96. The maximum atomic E-state index is 12.7. The van der Waals surface area contributed by atoms with Gasteiger partial charge in [0, 0.05) is 31.7 Å². The molecule has 0 unspecified atom stereocenters. The zero-order chi connectivity index (χ0) is 21.2. The molecule has 1 aliphatic heterocycles. The molecule has 1 amide bonds. The Kier molecular flexibility index (Phi) is 5.25. The van der Waals surface area contributed by atoms with Gasteiger partial charge in [0.05, 0.1) is 37.6 Å². The summed E-state index contributed by atoms with van der Waals surface area (Å²) >= 11 is 0. The number of nitrogens with one attached hydrogen (secondary N) is 1. The van der Waals surface area contributed by atoms with Crippen molar-refractivity contribution in [1.29, 1.82) is 0 Å². The maximum Gasteiger partial charge on any atom is 0.254 e. The Morgan fingerprint density at radius 1 is 1.19 bits per heavy atom. The molecule has 0 aromatic carbocycles. The van der Waals surface area contributed by atoms with Crippen molar-refractivity contribution >= 4 is 17.5 Å². The zero-order valence-corrected chi connectivity index (χ0v) is 17.2. The number of nitrogens with two attached hydrogens (primary N) is 1. The molecule has 1 aliphatic carbocycles. The highest BCUT2D eigenvalue weighted by Crippen LogP contribution is 2.33. The molecule has 0 bridgehead atoms. The van der Waals surface area contributed by atoms with Crippen LogP contribution in [0.5, 0.6) is 0 Å². The van der Waals surface area contributed by atoms with Crippen molar-refractivity contribution in [3.63, 3.8) is 0 Å². The molecule has 31 heavy (non-hydrogen) atoms. The maximum absolute atomic E-state index is 12.7. The van der Waals surface area contributed by atoms with E-state index in [1.165, 1.54) is 0 Å². The Morgan fingerprint density at radius 3 is 2.87 bits per heavy atom. The van der Waals surface area contributed by atoms with Crippen molar-refractivity contribution in [2.75, 3.05) is 36.9 Å².